The quantitative estimate of drug-likeness (QED) is 0.593. The number of rotatable bonds is 3. The zero-order valence-corrected chi connectivity index (χ0v) is 10.4. The Kier molecular flexibility index (Phi) is 3.91. The number of aromatic nitrogens is 2. The van der Waals surface area contributed by atoms with Crippen molar-refractivity contribution in [1.29, 1.82) is 5.26 Å². The number of anilines is 3. The molecule has 0 bridgehead atoms. The lowest BCUT2D eigenvalue weighted by Gasteiger charge is -2.11. The molecule has 0 radical (unpaired) electrons. The van der Waals surface area contributed by atoms with Crippen LogP contribution in [0.15, 0.2) is 30.3 Å². The van der Waals surface area contributed by atoms with Gasteiger partial charge in [-0.1, -0.05) is 0 Å². The number of nitrogens with two attached hydrogens (primary N) is 1. The lowest BCUT2D eigenvalue weighted by Crippen LogP contribution is -2.16. The molecule has 0 saturated carbocycles. The van der Waals surface area contributed by atoms with Crippen molar-refractivity contribution >= 4 is 17.5 Å². The normalized spacial score (nSPS) is 10.8. The fourth-order valence-corrected chi connectivity index (χ4v) is 1.50. The second-order valence-electron chi connectivity index (χ2n) is 3.92. The van der Waals surface area contributed by atoms with E-state index >= 15 is 0 Å². The van der Waals surface area contributed by atoms with E-state index in [1.54, 1.807) is 12.1 Å². The van der Waals surface area contributed by atoms with Crippen LogP contribution in [0.1, 0.15) is 11.3 Å². The third-order valence-corrected chi connectivity index (χ3v) is 2.43. The number of hydrogen-bond donors (Lipinski definition) is 3. The number of benzene rings is 1. The number of hydrogen-bond acceptors (Lipinski definition) is 6. The Hall–Kier alpha value is -2.86. The molecule has 1 aromatic carbocycles. The molecule has 1 aromatic heterocycles. The summed E-state index contributed by atoms with van der Waals surface area (Å²) >= 11 is 0. The molecule has 0 amide bonds. The summed E-state index contributed by atoms with van der Waals surface area (Å²) in [5, 5.41) is 11.4. The maximum Gasteiger partial charge on any atom is 0.433 e. The van der Waals surface area contributed by atoms with E-state index in [1.165, 1.54) is 12.1 Å². The van der Waals surface area contributed by atoms with Gasteiger partial charge in [0.05, 0.1) is 11.6 Å². The average Bonchev–Trinajstić information content (AvgIpc) is 2.46. The van der Waals surface area contributed by atoms with Crippen LogP contribution < -0.4 is 16.6 Å². The molecular weight excluding hydrogens is 285 g/mol. The molecule has 0 aliphatic carbocycles. The zero-order valence-electron chi connectivity index (χ0n) is 10.4. The maximum atomic E-state index is 12.7. The number of alkyl halides is 3. The van der Waals surface area contributed by atoms with E-state index in [0.717, 1.165) is 6.07 Å². The minimum absolute atomic E-state index is 0.0741. The Labute approximate surface area is 117 Å². The zero-order chi connectivity index (χ0) is 15.5. The van der Waals surface area contributed by atoms with Crippen molar-refractivity contribution in [2.75, 3.05) is 10.7 Å². The molecule has 0 unspecified atom stereocenters. The largest absolute Gasteiger partial charge is 0.433 e. The van der Waals surface area contributed by atoms with Crippen LogP contribution in [0.4, 0.5) is 30.6 Å². The lowest BCUT2D eigenvalue weighted by atomic mass is 10.2. The number of hydrazine groups is 1. The van der Waals surface area contributed by atoms with E-state index < -0.39 is 11.9 Å². The van der Waals surface area contributed by atoms with Gasteiger partial charge < -0.3 is 5.32 Å². The minimum atomic E-state index is -4.62. The van der Waals surface area contributed by atoms with Gasteiger partial charge in [-0.3, -0.25) is 5.43 Å². The van der Waals surface area contributed by atoms with Crippen molar-refractivity contribution in [3.8, 4) is 6.07 Å². The number of nitriles is 1. The average molecular weight is 294 g/mol. The second kappa shape index (κ2) is 5.64. The van der Waals surface area contributed by atoms with Gasteiger partial charge in [-0.2, -0.15) is 23.4 Å². The van der Waals surface area contributed by atoms with E-state index in [4.69, 9.17) is 11.1 Å². The van der Waals surface area contributed by atoms with Gasteiger partial charge in [0.25, 0.3) is 0 Å². The van der Waals surface area contributed by atoms with Gasteiger partial charge in [0.2, 0.25) is 5.95 Å². The highest BCUT2D eigenvalue weighted by molar-refractivity contribution is 5.58. The molecule has 108 valence electrons. The van der Waals surface area contributed by atoms with Crippen LogP contribution in [0.3, 0.4) is 0 Å². The highest BCUT2D eigenvalue weighted by atomic mass is 19.4. The van der Waals surface area contributed by atoms with Gasteiger partial charge in [0.1, 0.15) is 5.82 Å². The first-order valence-corrected chi connectivity index (χ1v) is 5.62. The molecule has 4 N–H and O–H groups in total. The summed E-state index contributed by atoms with van der Waals surface area (Å²) in [5.74, 6) is 4.62. The Morgan fingerprint density at radius 1 is 1.14 bits per heavy atom. The highest BCUT2D eigenvalue weighted by Crippen LogP contribution is 2.30. The van der Waals surface area contributed by atoms with Gasteiger partial charge in [-0.05, 0) is 24.3 Å². The number of nitrogens with one attached hydrogen (secondary N) is 2. The first-order valence-electron chi connectivity index (χ1n) is 5.62. The van der Waals surface area contributed by atoms with Crippen LogP contribution in [0.25, 0.3) is 0 Å². The monoisotopic (exact) mass is 294 g/mol. The molecule has 0 aliphatic rings. The first kappa shape index (κ1) is 14.5. The smallest absolute Gasteiger partial charge is 0.340 e. The topological polar surface area (TPSA) is 99.7 Å². The summed E-state index contributed by atoms with van der Waals surface area (Å²) < 4.78 is 38.1. The van der Waals surface area contributed by atoms with E-state index in [2.05, 4.69) is 15.3 Å². The van der Waals surface area contributed by atoms with Crippen LogP contribution in [0, 0.1) is 11.3 Å². The van der Waals surface area contributed by atoms with Crippen LogP contribution in [-0.2, 0) is 6.18 Å². The van der Waals surface area contributed by atoms with E-state index in [9.17, 15) is 13.2 Å². The van der Waals surface area contributed by atoms with Crippen molar-refractivity contribution in [2.24, 2.45) is 5.84 Å². The molecule has 2 rings (SSSR count). The van der Waals surface area contributed by atoms with Crippen LogP contribution in [0.5, 0.6) is 0 Å². The molecule has 1 heterocycles. The number of halogens is 3. The number of nitrogen functional groups attached to an aromatic ring is 1. The van der Waals surface area contributed by atoms with Gasteiger partial charge in [-0.15, -0.1) is 0 Å². The Morgan fingerprint density at radius 3 is 2.33 bits per heavy atom. The third kappa shape index (κ3) is 3.58. The van der Waals surface area contributed by atoms with Gasteiger partial charge >= 0.3 is 6.18 Å². The summed E-state index contributed by atoms with van der Waals surface area (Å²) in [5.41, 5.74) is 1.76. The first-order chi connectivity index (χ1) is 9.92. The summed E-state index contributed by atoms with van der Waals surface area (Å²) in [4.78, 5) is 7.02. The van der Waals surface area contributed by atoms with Crippen LogP contribution in [0.2, 0.25) is 0 Å². The van der Waals surface area contributed by atoms with E-state index in [1.807, 2.05) is 11.5 Å². The SMILES string of the molecule is N#Cc1ccc(Nc2cc(C(F)(F)F)nc(NN)n2)cc1. The highest BCUT2D eigenvalue weighted by Gasteiger charge is 2.33. The minimum Gasteiger partial charge on any atom is -0.340 e. The van der Waals surface area contributed by atoms with Gasteiger partial charge in [0, 0.05) is 11.8 Å². The molecule has 0 aliphatic heterocycles. The lowest BCUT2D eigenvalue weighted by molar-refractivity contribution is -0.141. The second-order valence-corrected chi connectivity index (χ2v) is 3.92. The van der Waals surface area contributed by atoms with E-state index in [-0.39, 0.29) is 11.8 Å². The van der Waals surface area contributed by atoms with Crippen molar-refractivity contribution < 1.29 is 13.2 Å². The molecule has 6 nitrogen and oxygen atoms in total. The molecule has 9 heteroatoms. The standard InChI is InChI=1S/C12H9F3N6/c13-12(14,15)9-5-10(20-11(19-9)21-17)18-8-3-1-7(6-16)2-4-8/h1-5H,17H2,(H2,18,19,20,21). The van der Waals surface area contributed by atoms with Crippen molar-refractivity contribution in [1.82, 2.24) is 9.97 Å². The summed E-state index contributed by atoms with van der Waals surface area (Å²) in [7, 11) is 0. The molecule has 0 saturated heterocycles. The molecule has 0 spiro atoms. The fourth-order valence-electron chi connectivity index (χ4n) is 1.50. The van der Waals surface area contributed by atoms with Crippen LogP contribution >= 0.6 is 0 Å². The van der Waals surface area contributed by atoms with Crippen molar-refractivity contribution in [2.45, 2.75) is 6.18 Å². The molecular formula is C12H9F3N6. The third-order valence-electron chi connectivity index (χ3n) is 2.43. The van der Waals surface area contributed by atoms with Gasteiger partial charge in [0.15, 0.2) is 5.69 Å². The predicted octanol–water partition coefficient (Wildman–Crippen LogP) is 2.40. The molecule has 21 heavy (non-hydrogen) atoms. The van der Waals surface area contributed by atoms with Crippen molar-refractivity contribution in [3.05, 3.63) is 41.6 Å². The Balaban J connectivity index is 2.32. The van der Waals surface area contributed by atoms with E-state index in [0.29, 0.717) is 11.3 Å². The number of nitrogens with zero attached hydrogens (tertiary/aromatic N) is 3. The Morgan fingerprint density at radius 2 is 1.81 bits per heavy atom. The van der Waals surface area contributed by atoms with Gasteiger partial charge in [-0.25, -0.2) is 10.8 Å². The molecule has 2 aromatic rings. The summed E-state index contributed by atoms with van der Waals surface area (Å²) in [6.45, 7) is 0. The Bertz CT molecular complexity index is 675. The van der Waals surface area contributed by atoms with Crippen LogP contribution in [-0.4, -0.2) is 9.97 Å². The summed E-state index contributed by atoms with van der Waals surface area (Å²) in [6, 6.07) is 8.84. The maximum absolute atomic E-state index is 12.7. The predicted molar refractivity (Wildman–Crippen MR) is 69.3 cm³/mol. The van der Waals surface area contributed by atoms with Crippen molar-refractivity contribution in [3.63, 3.8) is 0 Å². The fraction of sp³-hybridized carbons (Fsp3) is 0.0833. The molecule has 0 fully saturated rings. The molecule has 0 atom stereocenters. The summed E-state index contributed by atoms with van der Waals surface area (Å²) in [6.07, 6.45) is -4.62.